The van der Waals surface area contributed by atoms with Gasteiger partial charge in [-0.15, -0.1) is 0 Å². The minimum absolute atomic E-state index is 0.0482. The summed E-state index contributed by atoms with van der Waals surface area (Å²) in [6.07, 6.45) is 4.09. The summed E-state index contributed by atoms with van der Waals surface area (Å²) in [7, 11) is 0. The van der Waals surface area contributed by atoms with E-state index in [1.54, 1.807) is 18.3 Å². The lowest BCUT2D eigenvalue weighted by Gasteiger charge is -2.50. The number of rotatable bonds is 6. The molecule has 32 heavy (non-hydrogen) atoms. The molecule has 3 rings (SSSR count). The highest BCUT2D eigenvalue weighted by Gasteiger charge is 2.43. The van der Waals surface area contributed by atoms with Crippen LogP contribution in [0.2, 0.25) is 5.02 Å². The Bertz CT molecular complexity index is 1040. The van der Waals surface area contributed by atoms with Crippen molar-refractivity contribution < 1.29 is 4.79 Å². The summed E-state index contributed by atoms with van der Waals surface area (Å²) in [6.45, 7) is 11.5. The fourth-order valence-corrected chi connectivity index (χ4v) is 4.64. The van der Waals surface area contributed by atoms with Crippen molar-refractivity contribution >= 4 is 29.0 Å². The Kier molecular flexibility index (Phi) is 7.12. The Labute approximate surface area is 193 Å². The first-order valence-corrected chi connectivity index (χ1v) is 11.4. The van der Waals surface area contributed by atoms with Gasteiger partial charge in [-0.3, -0.25) is 9.59 Å². The van der Waals surface area contributed by atoms with Gasteiger partial charge in [0.15, 0.2) is 0 Å². The second kappa shape index (κ2) is 9.48. The number of nitrogens with two attached hydrogens (primary N) is 1. The van der Waals surface area contributed by atoms with E-state index < -0.39 is 5.56 Å². The fourth-order valence-electron chi connectivity index (χ4n) is 4.44. The van der Waals surface area contributed by atoms with Gasteiger partial charge in [-0.25, -0.2) is 9.67 Å². The number of hydrogen-bond donors (Lipinski definition) is 3. The number of aromatic nitrogens is 3. The molecule has 174 valence electrons. The molecule has 0 unspecified atom stereocenters. The smallest absolute Gasteiger partial charge is 0.288 e. The van der Waals surface area contributed by atoms with Crippen molar-refractivity contribution in [3.05, 3.63) is 45.5 Å². The van der Waals surface area contributed by atoms with E-state index in [0.29, 0.717) is 29.3 Å². The standard InChI is InChI=1S/C23H33ClN6O2/c1-13-8-17(14(2)15(3)23(13,4)5)29-18-11-28-30(22(32)21(18)24)12-20(31)27-10-16-6-7-26-19(25)9-16/h6-7,9,11,13-15,17,29H,8,10,12H2,1-5H3,(H2,25,26)(H,27,31)/t13-,14+,15+,17+/m0/s1. The van der Waals surface area contributed by atoms with Gasteiger partial charge in [0.25, 0.3) is 5.56 Å². The SMILES string of the molecule is C[C@@H]1[C@@H](C)C(C)(C)[C@@H](C)C[C@H]1Nc1cnn(CC(=O)NCc2ccnc(N)c2)c(=O)c1Cl. The van der Waals surface area contributed by atoms with Crippen molar-refractivity contribution in [2.45, 2.75) is 60.2 Å². The van der Waals surface area contributed by atoms with Gasteiger partial charge in [0.05, 0.1) is 11.9 Å². The predicted octanol–water partition coefficient (Wildman–Crippen LogP) is 3.31. The Morgan fingerprint density at radius 3 is 2.75 bits per heavy atom. The number of nitrogens with one attached hydrogen (secondary N) is 2. The number of nitrogens with zero attached hydrogens (tertiary/aromatic N) is 3. The van der Waals surface area contributed by atoms with Gasteiger partial charge in [0.1, 0.15) is 17.4 Å². The average Bonchev–Trinajstić information content (AvgIpc) is 2.74. The van der Waals surface area contributed by atoms with Crippen LogP contribution in [-0.4, -0.2) is 26.7 Å². The molecule has 4 atom stereocenters. The highest BCUT2D eigenvalue weighted by atomic mass is 35.5. The Morgan fingerprint density at radius 2 is 2.06 bits per heavy atom. The molecule has 2 aromatic rings. The van der Waals surface area contributed by atoms with E-state index in [0.717, 1.165) is 16.7 Å². The van der Waals surface area contributed by atoms with Crippen LogP contribution in [0, 0.1) is 23.2 Å². The second-order valence-electron chi connectivity index (χ2n) is 9.56. The molecule has 1 fully saturated rings. The number of carbonyl (C=O) groups is 1. The zero-order chi connectivity index (χ0) is 23.6. The summed E-state index contributed by atoms with van der Waals surface area (Å²) in [6, 6.07) is 3.63. The van der Waals surface area contributed by atoms with Crippen molar-refractivity contribution in [1.82, 2.24) is 20.1 Å². The highest BCUT2D eigenvalue weighted by Crippen LogP contribution is 2.48. The topological polar surface area (TPSA) is 115 Å². The number of carbonyl (C=O) groups excluding carboxylic acids is 1. The predicted molar refractivity (Wildman–Crippen MR) is 127 cm³/mol. The summed E-state index contributed by atoms with van der Waals surface area (Å²) in [5.41, 5.74) is 6.72. The summed E-state index contributed by atoms with van der Waals surface area (Å²) < 4.78 is 1.07. The van der Waals surface area contributed by atoms with Crippen molar-refractivity contribution in [2.75, 3.05) is 11.1 Å². The summed E-state index contributed by atoms with van der Waals surface area (Å²) >= 11 is 6.38. The van der Waals surface area contributed by atoms with Gasteiger partial charge in [0, 0.05) is 18.8 Å². The molecule has 9 heteroatoms. The summed E-state index contributed by atoms with van der Waals surface area (Å²) in [5.74, 6) is 1.47. The maximum absolute atomic E-state index is 12.7. The van der Waals surface area contributed by atoms with E-state index >= 15 is 0 Å². The summed E-state index contributed by atoms with van der Waals surface area (Å²) in [5, 5.41) is 10.4. The monoisotopic (exact) mass is 460 g/mol. The van der Waals surface area contributed by atoms with Crippen molar-refractivity contribution in [1.29, 1.82) is 0 Å². The quantitative estimate of drug-likeness (QED) is 0.609. The molecule has 2 heterocycles. The van der Waals surface area contributed by atoms with Crippen LogP contribution >= 0.6 is 11.6 Å². The molecule has 1 saturated carbocycles. The van der Waals surface area contributed by atoms with Gasteiger partial charge < -0.3 is 16.4 Å². The van der Waals surface area contributed by atoms with E-state index in [-0.39, 0.29) is 35.5 Å². The molecule has 0 radical (unpaired) electrons. The molecule has 1 aliphatic rings. The minimum Gasteiger partial charge on any atom is -0.384 e. The third kappa shape index (κ3) is 5.06. The maximum Gasteiger partial charge on any atom is 0.288 e. The van der Waals surface area contributed by atoms with E-state index in [4.69, 9.17) is 17.3 Å². The normalized spacial score (nSPS) is 24.7. The Hall–Kier alpha value is -2.61. The first kappa shape index (κ1) is 24.0. The lowest BCUT2D eigenvalue weighted by molar-refractivity contribution is -0.122. The molecule has 0 spiro atoms. The molecule has 2 aromatic heterocycles. The Morgan fingerprint density at radius 1 is 1.34 bits per heavy atom. The average molecular weight is 461 g/mol. The van der Waals surface area contributed by atoms with Crippen molar-refractivity contribution in [3.8, 4) is 0 Å². The number of anilines is 2. The molecular formula is C23H33ClN6O2. The zero-order valence-electron chi connectivity index (χ0n) is 19.4. The number of pyridine rings is 1. The molecular weight excluding hydrogens is 428 g/mol. The zero-order valence-corrected chi connectivity index (χ0v) is 20.1. The first-order chi connectivity index (χ1) is 15.0. The fraction of sp³-hybridized carbons (Fsp3) is 0.565. The molecule has 0 bridgehead atoms. The Balaban J connectivity index is 1.66. The van der Waals surface area contributed by atoms with Gasteiger partial charge in [-0.2, -0.15) is 5.10 Å². The first-order valence-electron chi connectivity index (χ1n) is 11.0. The summed E-state index contributed by atoms with van der Waals surface area (Å²) in [4.78, 5) is 28.9. The van der Waals surface area contributed by atoms with E-state index in [2.05, 4.69) is 55.3 Å². The lowest BCUT2D eigenvalue weighted by atomic mass is 9.58. The molecule has 8 nitrogen and oxygen atoms in total. The maximum atomic E-state index is 12.7. The third-order valence-corrected chi connectivity index (χ3v) is 7.79. The lowest BCUT2D eigenvalue weighted by Crippen LogP contribution is -2.48. The molecule has 1 amide bonds. The largest absolute Gasteiger partial charge is 0.384 e. The minimum atomic E-state index is -0.495. The highest BCUT2D eigenvalue weighted by molar-refractivity contribution is 6.32. The van der Waals surface area contributed by atoms with Crippen LogP contribution in [0.5, 0.6) is 0 Å². The van der Waals surface area contributed by atoms with Crippen LogP contribution in [0.4, 0.5) is 11.5 Å². The molecule has 0 saturated heterocycles. The molecule has 0 aliphatic heterocycles. The van der Waals surface area contributed by atoms with Crippen LogP contribution < -0.4 is 21.9 Å². The van der Waals surface area contributed by atoms with Crippen molar-refractivity contribution in [3.63, 3.8) is 0 Å². The van der Waals surface area contributed by atoms with E-state index in [1.807, 2.05) is 0 Å². The van der Waals surface area contributed by atoms with Crippen LogP contribution in [0.1, 0.15) is 46.6 Å². The van der Waals surface area contributed by atoms with Gasteiger partial charge in [-0.05, 0) is 47.3 Å². The van der Waals surface area contributed by atoms with E-state index in [1.165, 1.54) is 6.20 Å². The van der Waals surface area contributed by atoms with Crippen molar-refractivity contribution in [2.24, 2.45) is 23.2 Å². The second-order valence-corrected chi connectivity index (χ2v) is 9.94. The van der Waals surface area contributed by atoms with E-state index in [9.17, 15) is 9.59 Å². The van der Waals surface area contributed by atoms with Crippen LogP contribution in [0.3, 0.4) is 0 Å². The number of nitrogen functional groups attached to an aromatic ring is 1. The third-order valence-electron chi connectivity index (χ3n) is 7.43. The molecule has 0 aromatic carbocycles. The van der Waals surface area contributed by atoms with Gasteiger partial charge in [-0.1, -0.05) is 46.2 Å². The van der Waals surface area contributed by atoms with Gasteiger partial charge >= 0.3 is 0 Å². The van der Waals surface area contributed by atoms with Crippen LogP contribution in [0.15, 0.2) is 29.3 Å². The molecule has 1 aliphatic carbocycles. The number of amides is 1. The van der Waals surface area contributed by atoms with Gasteiger partial charge in [0.2, 0.25) is 5.91 Å². The number of halogens is 1. The molecule has 4 N–H and O–H groups in total. The number of hydrogen-bond acceptors (Lipinski definition) is 6. The van der Waals surface area contributed by atoms with Crippen LogP contribution in [0.25, 0.3) is 0 Å². The van der Waals surface area contributed by atoms with Crippen LogP contribution in [-0.2, 0) is 17.9 Å².